The Labute approximate surface area is 110 Å². The van der Waals surface area contributed by atoms with Gasteiger partial charge in [-0.2, -0.15) is 0 Å². The van der Waals surface area contributed by atoms with E-state index in [4.69, 9.17) is 20.8 Å². The second-order valence-electron chi connectivity index (χ2n) is 4.84. The van der Waals surface area contributed by atoms with Crippen molar-refractivity contribution in [1.29, 1.82) is 0 Å². The van der Waals surface area contributed by atoms with E-state index in [1.165, 1.54) is 12.3 Å². The smallest absolute Gasteiger partial charge is 0.328 e. The largest absolute Gasteiger partial charge is 0.458 e. The average molecular weight is 274 g/mol. The Hall–Kier alpha value is -1.49. The topological polar surface area (TPSA) is 68.5 Å². The number of rotatable bonds is 3. The van der Waals surface area contributed by atoms with E-state index in [1.54, 1.807) is 27.7 Å². The van der Waals surface area contributed by atoms with Crippen molar-refractivity contribution in [2.24, 2.45) is 0 Å². The molecule has 18 heavy (non-hydrogen) atoms. The van der Waals surface area contributed by atoms with Gasteiger partial charge in [0, 0.05) is 0 Å². The predicted octanol–water partition coefficient (Wildman–Crippen LogP) is 2.39. The number of amides is 1. The molecule has 0 saturated carbocycles. The molecule has 6 heteroatoms. The van der Waals surface area contributed by atoms with Crippen LogP contribution in [0.25, 0.3) is 0 Å². The van der Waals surface area contributed by atoms with E-state index < -0.39 is 23.5 Å². The number of nitrogens with one attached hydrogen (secondary N) is 1. The summed E-state index contributed by atoms with van der Waals surface area (Å²) >= 11 is 5.66. The van der Waals surface area contributed by atoms with E-state index in [-0.39, 0.29) is 10.8 Å². The van der Waals surface area contributed by atoms with Gasteiger partial charge in [0.15, 0.2) is 0 Å². The summed E-state index contributed by atoms with van der Waals surface area (Å²) in [5.74, 6) is -0.984. The molecule has 1 aromatic heterocycles. The van der Waals surface area contributed by atoms with Crippen LogP contribution in [0.5, 0.6) is 0 Å². The molecule has 0 aromatic carbocycles. The minimum absolute atomic E-state index is 0.0103. The Morgan fingerprint density at radius 3 is 2.50 bits per heavy atom. The Morgan fingerprint density at radius 2 is 2.06 bits per heavy atom. The molecule has 1 heterocycles. The molecule has 1 atom stereocenters. The van der Waals surface area contributed by atoms with Crippen molar-refractivity contribution in [2.75, 3.05) is 0 Å². The fourth-order valence-corrected chi connectivity index (χ4v) is 1.38. The van der Waals surface area contributed by atoms with E-state index in [1.807, 2.05) is 0 Å². The zero-order chi connectivity index (χ0) is 13.9. The maximum Gasteiger partial charge on any atom is 0.328 e. The molecule has 0 fully saturated rings. The van der Waals surface area contributed by atoms with Crippen LogP contribution >= 0.6 is 11.6 Å². The summed E-state index contributed by atoms with van der Waals surface area (Å²) in [7, 11) is 0. The van der Waals surface area contributed by atoms with Crippen molar-refractivity contribution in [3.8, 4) is 0 Å². The van der Waals surface area contributed by atoms with Crippen molar-refractivity contribution in [1.82, 2.24) is 5.32 Å². The molecule has 0 radical (unpaired) electrons. The number of hydrogen-bond donors (Lipinski definition) is 1. The van der Waals surface area contributed by atoms with Crippen LogP contribution in [0.4, 0.5) is 0 Å². The zero-order valence-corrected chi connectivity index (χ0v) is 11.5. The summed E-state index contributed by atoms with van der Waals surface area (Å²) in [4.78, 5) is 23.4. The van der Waals surface area contributed by atoms with Gasteiger partial charge in [0.05, 0.1) is 11.8 Å². The molecule has 100 valence electrons. The van der Waals surface area contributed by atoms with E-state index in [9.17, 15) is 9.59 Å². The summed E-state index contributed by atoms with van der Waals surface area (Å²) in [6.45, 7) is 6.81. The van der Waals surface area contributed by atoms with Crippen LogP contribution in [0.15, 0.2) is 16.7 Å². The molecule has 0 saturated heterocycles. The van der Waals surface area contributed by atoms with Gasteiger partial charge in [0.25, 0.3) is 5.91 Å². The molecular formula is C12H16ClNO4. The number of carbonyl (C=O) groups is 2. The molecular weight excluding hydrogens is 258 g/mol. The highest BCUT2D eigenvalue weighted by atomic mass is 35.5. The number of esters is 1. The van der Waals surface area contributed by atoms with Crippen molar-refractivity contribution >= 4 is 23.5 Å². The fourth-order valence-electron chi connectivity index (χ4n) is 1.18. The first-order chi connectivity index (χ1) is 8.20. The van der Waals surface area contributed by atoms with Crippen molar-refractivity contribution in [3.05, 3.63) is 23.1 Å². The number of halogens is 1. The second kappa shape index (κ2) is 5.44. The van der Waals surface area contributed by atoms with Gasteiger partial charge in [0.2, 0.25) is 5.22 Å². The number of carbonyl (C=O) groups excluding carboxylic acids is 2. The van der Waals surface area contributed by atoms with E-state index >= 15 is 0 Å². The van der Waals surface area contributed by atoms with E-state index in [0.29, 0.717) is 0 Å². The summed E-state index contributed by atoms with van der Waals surface area (Å²) in [6, 6.07) is 0.669. The second-order valence-corrected chi connectivity index (χ2v) is 5.18. The Balaban J connectivity index is 2.60. The highest BCUT2D eigenvalue weighted by Gasteiger charge is 2.24. The molecule has 0 aliphatic carbocycles. The predicted molar refractivity (Wildman–Crippen MR) is 66.5 cm³/mol. The molecule has 1 amide bonds. The van der Waals surface area contributed by atoms with Gasteiger partial charge in [-0.05, 0) is 45.4 Å². The third kappa shape index (κ3) is 4.07. The lowest BCUT2D eigenvalue weighted by Crippen LogP contribution is -2.42. The van der Waals surface area contributed by atoms with Gasteiger partial charge < -0.3 is 14.5 Å². The summed E-state index contributed by atoms with van der Waals surface area (Å²) in [5, 5.41) is 2.48. The van der Waals surface area contributed by atoms with Gasteiger partial charge >= 0.3 is 5.97 Å². The van der Waals surface area contributed by atoms with Crippen LogP contribution in [0.2, 0.25) is 5.22 Å². The summed E-state index contributed by atoms with van der Waals surface area (Å²) in [5.41, 5.74) is -0.407. The average Bonchev–Trinajstić information content (AvgIpc) is 2.61. The molecule has 5 nitrogen and oxygen atoms in total. The van der Waals surface area contributed by atoms with Crippen LogP contribution < -0.4 is 5.32 Å². The Bertz CT molecular complexity index is 447. The van der Waals surface area contributed by atoms with Gasteiger partial charge in [-0.25, -0.2) is 4.79 Å². The zero-order valence-electron chi connectivity index (χ0n) is 10.7. The number of ether oxygens (including phenoxy) is 1. The van der Waals surface area contributed by atoms with Gasteiger partial charge in [0.1, 0.15) is 11.6 Å². The highest BCUT2D eigenvalue weighted by molar-refractivity contribution is 6.32. The van der Waals surface area contributed by atoms with E-state index in [0.717, 1.165) is 0 Å². The first-order valence-corrected chi connectivity index (χ1v) is 5.85. The monoisotopic (exact) mass is 273 g/mol. The van der Waals surface area contributed by atoms with Gasteiger partial charge in [-0.1, -0.05) is 0 Å². The molecule has 1 rings (SSSR count). The molecule has 0 bridgehead atoms. The van der Waals surface area contributed by atoms with Crippen molar-refractivity contribution < 1.29 is 18.7 Å². The normalized spacial score (nSPS) is 12.9. The first-order valence-electron chi connectivity index (χ1n) is 5.47. The first kappa shape index (κ1) is 14.6. The third-order valence-corrected chi connectivity index (χ3v) is 2.26. The fraction of sp³-hybridized carbons (Fsp3) is 0.500. The standard InChI is InChI=1S/C12H16ClNO4/c1-7(11(16)18-12(2,3)4)14-10(15)8-5-6-17-9(8)13/h5-7H,1-4H3,(H,14,15)/t7-/m0/s1. The minimum atomic E-state index is -0.761. The van der Waals surface area contributed by atoms with Crippen LogP contribution in [0.3, 0.4) is 0 Å². The Morgan fingerprint density at radius 1 is 1.44 bits per heavy atom. The van der Waals surface area contributed by atoms with Crippen LogP contribution in [-0.2, 0) is 9.53 Å². The lowest BCUT2D eigenvalue weighted by molar-refractivity contribution is -0.156. The molecule has 0 unspecified atom stereocenters. The van der Waals surface area contributed by atoms with Gasteiger partial charge in [-0.3, -0.25) is 4.79 Å². The van der Waals surface area contributed by atoms with Crippen molar-refractivity contribution in [3.63, 3.8) is 0 Å². The quantitative estimate of drug-likeness (QED) is 0.859. The summed E-state index contributed by atoms with van der Waals surface area (Å²) < 4.78 is 9.93. The van der Waals surface area contributed by atoms with Crippen LogP contribution in [-0.4, -0.2) is 23.5 Å². The van der Waals surface area contributed by atoms with Crippen molar-refractivity contribution in [2.45, 2.75) is 39.3 Å². The maximum absolute atomic E-state index is 11.7. The van der Waals surface area contributed by atoms with E-state index in [2.05, 4.69) is 5.32 Å². The lowest BCUT2D eigenvalue weighted by Gasteiger charge is -2.22. The molecule has 0 spiro atoms. The van der Waals surface area contributed by atoms with Crippen LogP contribution in [0.1, 0.15) is 38.1 Å². The molecule has 1 N–H and O–H groups in total. The van der Waals surface area contributed by atoms with Gasteiger partial charge in [-0.15, -0.1) is 0 Å². The number of hydrogen-bond acceptors (Lipinski definition) is 4. The van der Waals surface area contributed by atoms with Crippen LogP contribution in [0, 0.1) is 0 Å². The Kier molecular flexibility index (Phi) is 4.40. The highest BCUT2D eigenvalue weighted by Crippen LogP contribution is 2.16. The molecule has 1 aromatic rings. The third-order valence-electron chi connectivity index (χ3n) is 1.97. The minimum Gasteiger partial charge on any atom is -0.458 e. The SMILES string of the molecule is C[C@H](NC(=O)c1ccoc1Cl)C(=O)OC(C)(C)C. The molecule has 0 aliphatic heterocycles. The summed E-state index contributed by atoms with van der Waals surface area (Å²) in [6.07, 6.45) is 1.30. The molecule has 0 aliphatic rings. The lowest BCUT2D eigenvalue weighted by atomic mass is 10.2. The number of furan rings is 1. The maximum atomic E-state index is 11.7.